The lowest BCUT2D eigenvalue weighted by Crippen LogP contribution is -2.55. The summed E-state index contributed by atoms with van der Waals surface area (Å²) in [4.78, 5) is 14.3. The summed E-state index contributed by atoms with van der Waals surface area (Å²) in [7, 11) is 0. The number of hydrogen-bond acceptors (Lipinski definition) is 2. The number of amides is 1. The van der Waals surface area contributed by atoms with E-state index < -0.39 is 5.54 Å². The van der Waals surface area contributed by atoms with Crippen LogP contribution in [0.25, 0.3) is 0 Å². The summed E-state index contributed by atoms with van der Waals surface area (Å²) in [5, 5.41) is 0. The van der Waals surface area contributed by atoms with E-state index in [9.17, 15) is 4.79 Å². The van der Waals surface area contributed by atoms with Crippen LogP contribution in [0.5, 0.6) is 0 Å². The molecule has 1 aliphatic heterocycles. The zero-order chi connectivity index (χ0) is 14.0. The summed E-state index contributed by atoms with van der Waals surface area (Å²) in [6.07, 6.45) is 3.94. The molecule has 1 amide bonds. The first-order chi connectivity index (χ1) is 8.18. The smallest absolute Gasteiger partial charge is 0.242 e. The van der Waals surface area contributed by atoms with Crippen molar-refractivity contribution >= 4 is 18.3 Å². The SMILES string of the molecule is CCCC(C)(N)C(=O)N1CCC(C(C)(C)C)CC1.Cl. The van der Waals surface area contributed by atoms with Crippen molar-refractivity contribution in [2.24, 2.45) is 17.1 Å². The van der Waals surface area contributed by atoms with Crippen LogP contribution in [0.3, 0.4) is 0 Å². The van der Waals surface area contributed by atoms with E-state index >= 15 is 0 Å². The Morgan fingerprint density at radius 3 is 2.05 bits per heavy atom. The van der Waals surface area contributed by atoms with E-state index in [0.717, 1.165) is 44.7 Å². The maximum Gasteiger partial charge on any atom is 0.242 e. The fourth-order valence-electron chi connectivity index (χ4n) is 2.94. The molecular weight excluding hydrogens is 260 g/mol. The normalized spacial score (nSPS) is 20.6. The van der Waals surface area contributed by atoms with Crippen LogP contribution in [-0.2, 0) is 4.79 Å². The van der Waals surface area contributed by atoms with E-state index in [1.165, 1.54) is 0 Å². The van der Waals surface area contributed by atoms with Crippen LogP contribution < -0.4 is 5.73 Å². The van der Waals surface area contributed by atoms with Crippen LogP contribution in [0.2, 0.25) is 0 Å². The predicted octanol–water partition coefficient (Wildman–Crippen LogP) is 3.21. The fourth-order valence-corrected chi connectivity index (χ4v) is 2.94. The number of rotatable bonds is 3. The lowest BCUT2D eigenvalue weighted by atomic mass is 9.75. The number of carbonyl (C=O) groups is 1. The number of hydrogen-bond donors (Lipinski definition) is 1. The van der Waals surface area contributed by atoms with E-state index in [4.69, 9.17) is 5.73 Å². The van der Waals surface area contributed by atoms with Crippen molar-refractivity contribution in [3.8, 4) is 0 Å². The minimum Gasteiger partial charge on any atom is -0.341 e. The molecular formula is C15H31ClN2O. The Bertz CT molecular complexity index is 289. The van der Waals surface area contributed by atoms with Gasteiger partial charge in [-0.1, -0.05) is 34.1 Å². The minimum absolute atomic E-state index is 0. The zero-order valence-corrected chi connectivity index (χ0v) is 14.0. The molecule has 0 aromatic heterocycles. The third-order valence-electron chi connectivity index (χ3n) is 4.26. The average molecular weight is 291 g/mol. The van der Waals surface area contributed by atoms with Crippen molar-refractivity contribution in [2.45, 2.75) is 65.8 Å². The van der Waals surface area contributed by atoms with Gasteiger partial charge in [-0.05, 0) is 37.5 Å². The number of piperidine rings is 1. The quantitative estimate of drug-likeness (QED) is 0.867. The number of nitrogens with zero attached hydrogens (tertiary/aromatic N) is 1. The Hall–Kier alpha value is -0.280. The summed E-state index contributed by atoms with van der Waals surface area (Å²) in [5.41, 5.74) is 5.81. The molecule has 0 aromatic rings. The Balaban J connectivity index is 0.00000324. The Morgan fingerprint density at radius 1 is 1.21 bits per heavy atom. The third kappa shape index (κ3) is 4.96. The molecule has 3 nitrogen and oxygen atoms in total. The highest BCUT2D eigenvalue weighted by Gasteiger charge is 2.36. The van der Waals surface area contributed by atoms with Crippen LogP contribution in [0.1, 0.15) is 60.3 Å². The van der Waals surface area contributed by atoms with Gasteiger partial charge >= 0.3 is 0 Å². The van der Waals surface area contributed by atoms with Crippen molar-refractivity contribution in [3.05, 3.63) is 0 Å². The molecule has 114 valence electrons. The first-order valence-electron chi connectivity index (χ1n) is 7.26. The van der Waals surface area contributed by atoms with E-state index in [2.05, 4.69) is 27.7 Å². The summed E-state index contributed by atoms with van der Waals surface area (Å²) in [5.74, 6) is 0.855. The van der Waals surface area contributed by atoms with Crippen molar-refractivity contribution in [3.63, 3.8) is 0 Å². The predicted molar refractivity (Wildman–Crippen MR) is 83.5 cm³/mol. The molecule has 2 N–H and O–H groups in total. The van der Waals surface area contributed by atoms with Gasteiger partial charge in [0.05, 0.1) is 5.54 Å². The summed E-state index contributed by atoms with van der Waals surface area (Å²) >= 11 is 0. The second-order valence-corrected chi connectivity index (χ2v) is 7.10. The summed E-state index contributed by atoms with van der Waals surface area (Å²) < 4.78 is 0. The number of halogens is 1. The lowest BCUT2D eigenvalue weighted by molar-refractivity contribution is -0.138. The lowest BCUT2D eigenvalue weighted by Gasteiger charge is -2.41. The molecule has 0 bridgehead atoms. The summed E-state index contributed by atoms with van der Waals surface area (Å²) in [6.45, 7) is 12.6. The highest BCUT2D eigenvalue weighted by Crippen LogP contribution is 2.34. The van der Waals surface area contributed by atoms with E-state index in [-0.39, 0.29) is 18.3 Å². The van der Waals surface area contributed by atoms with Crippen LogP contribution in [0, 0.1) is 11.3 Å². The molecule has 4 heteroatoms. The number of likely N-dealkylation sites (tertiary alicyclic amines) is 1. The van der Waals surface area contributed by atoms with Crippen LogP contribution in [0.4, 0.5) is 0 Å². The molecule has 0 spiro atoms. The van der Waals surface area contributed by atoms with Crippen molar-refractivity contribution < 1.29 is 4.79 Å². The molecule has 1 aliphatic rings. The van der Waals surface area contributed by atoms with Crippen molar-refractivity contribution in [2.75, 3.05) is 13.1 Å². The van der Waals surface area contributed by atoms with Gasteiger partial charge in [0.25, 0.3) is 0 Å². The Morgan fingerprint density at radius 2 is 1.68 bits per heavy atom. The van der Waals surface area contributed by atoms with Gasteiger partial charge < -0.3 is 10.6 Å². The van der Waals surface area contributed by atoms with Crippen molar-refractivity contribution in [1.29, 1.82) is 0 Å². The molecule has 1 atom stereocenters. The molecule has 1 heterocycles. The Kier molecular flexibility index (Phi) is 6.84. The minimum atomic E-state index is -0.677. The van der Waals surface area contributed by atoms with Gasteiger partial charge in [-0.25, -0.2) is 0 Å². The monoisotopic (exact) mass is 290 g/mol. The second kappa shape index (κ2) is 6.94. The van der Waals surface area contributed by atoms with E-state index in [1.807, 2.05) is 11.8 Å². The first kappa shape index (κ1) is 18.7. The van der Waals surface area contributed by atoms with Gasteiger partial charge in [-0.3, -0.25) is 4.79 Å². The molecule has 0 saturated carbocycles. The maximum absolute atomic E-state index is 12.4. The maximum atomic E-state index is 12.4. The van der Waals surface area contributed by atoms with Gasteiger partial charge in [0.1, 0.15) is 0 Å². The fraction of sp³-hybridized carbons (Fsp3) is 0.933. The molecule has 0 radical (unpaired) electrons. The molecule has 0 aromatic carbocycles. The second-order valence-electron chi connectivity index (χ2n) is 7.10. The van der Waals surface area contributed by atoms with Gasteiger partial charge in [-0.2, -0.15) is 0 Å². The molecule has 1 saturated heterocycles. The van der Waals surface area contributed by atoms with Crippen LogP contribution in [-0.4, -0.2) is 29.4 Å². The van der Waals surface area contributed by atoms with Gasteiger partial charge in [-0.15, -0.1) is 12.4 Å². The largest absolute Gasteiger partial charge is 0.341 e. The molecule has 1 unspecified atom stereocenters. The highest BCUT2D eigenvalue weighted by molar-refractivity contribution is 5.86. The molecule has 1 rings (SSSR count). The van der Waals surface area contributed by atoms with E-state index in [1.54, 1.807) is 0 Å². The topological polar surface area (TPSA) is 46.3 Å². The standard InChI is InChI=1S/C15H30N2O.ClH/c1-6-9-15(5,16)13(18)17-10-7-12(8-11-17)14(2,3)4;/h12H,6-11,16H2,1-5H3;1H. The zero-order valence-electron chi connectivity index (χ0n) is 13.2. The van der Waals surface area contributed by atoms with Crippen LogP contribution in [0.15, 0.2) is 0 Å². The third-order valence-corrected chi connectivity index (χ3v) is 4.26. The van der Waals surface area contributed by atoms with Gasteiger partial charge in [0, 0.05) is 13.1 Å². The van der Waals surface area contributed by atoms with E-state index in [0.29, 0.717) is 5.41 Å². The van der Waals surface area contributed by atoms with Gasteiger partial charge in [0.2, 0.25) is 5.91 Å². The highest BCUT2D eigenvalue weighted by atomic mass is 35.5. The molecule has 0 aliphatic carbocycles. The van der Waals surface area contributed by atoms with Crippen molar-refractivity contribution in [1.82, 2.24) is 4.90 Å². The number of carbonyl (C=O) groups excluding carboxylic acids is 1. The molecule has 19 heavy (non-hydrogen) atoms. The van der Waals surface area contributed by atoms with Gasteiger partial charge in [0.15, 0.2) is 0 Å². The summed E-state index contributed by atoms with van der Waals surface area (Å²) in [6, 6.07) is 0. The Labute approximate surface area is 124 Å². The van der Waals surface area contributed by atoms with Crippen LogP contribution >= 0.6 is 12.4 Å². The first-order valence-corrected chi connectivity index (χ1v) is 7.26. The average Bonchev–Trinajstić information content (AvgIpc) is 2.27. The molecule has 1 fully saturated rings. The number of nitrogens with two attached hydrogens (primary N) is 1.